The molecule has 0 radical (unpaired) electrons. The Morgan fingerprint density at radius 2 is 2.20 bits per heavy atom. The Labute approximate surface area is 123 Å². The first-order valence-corrected chi connectivity index (χ1v) is 7.95. The van der Waals surface area contributed by atoms with Crippen molar-refractivity contribution in [3.8, 4) is 0 Å². The molecule has 0 amide bonds. The van der Waals surface area contributed by atoms with Gasteiger partial charge in [-0.25, -0.2) is 4.98 Å². The summed E-state index contributed by atoms with van der Waals surface area (Å²) < 4.78 is 1.41. The van der Waals surface area contributed by atoms with Crippen LogP contribution in [0.15, 0.2) is 10.9 Å². The van der Waals surface area contributed by atoms with Crippen molar-refractivity contribution in [3.05, 3.63) is 27.1 Å². The Kier molecular flexibility index (Phi) is 4.88. The SMILES string of the molecule is CCCC(C)N(C)Cc1cc(=O)n2nc(CC)sc2n1. The smallest absolute Gasteiger partial charge is 0.275 e. The zero-order chi connectivity index (χ0) is 14.7. The lowest BCUT2D eigenvalue weighted by Crippen LogP contribution is -2.29. The third-order valence-corrected chi connectivity index (χ3v) is 4.57. The van der Waals surface area contributed by atoms with Gasteiger partial charge < -0.3 is 0 Å². The van der Waals surface area contributed by atoms with Gasteiger partial charge in [0.05, 0.1) is 5.69 Å². The van der Waals surface area contributed by atoms with Crippen LogP contribution in [-0.2, 0) is 13.0 Å². The van der Waals surface area contributed by atoms with Crippen LogP contribution in [0.25, 0.3) is 4.96 Å². The zero-order valence-electron chi connectivity index (χ0n) is 12.6. The Hall–Kier alpha value is -1.27. The summed E-state index contributed by atoms with van der Waals surface area (Å²) in [4.78, 5) is 19.6. The van der Waals surface area contributed by atoms with Gasteiger partial charge >= 0.3 is 0 Å². The number of hydrogen-bond acceptors (Lipinski definition) is 5. The van der Waals surface area contributed by atoms with Gasteiger partial charge in [0.25, 0.3) is 5.56 Å². The van der Waals surface area contributed by atoms with Crippen LogP contribution in [0, 0.1) is 0 Å². The minimum absolute atomic E-state index is 0.0857. The van der Waals surface area contributed by atoms with Gasteiger partial charge in [0, 0.05) is 18.7 Å². The maximum absolute atomic E-state index is 12.1. The van der Waals surface area contributed by atoms with Crippen molar-refractivity contribution in [2.24, 2.45) is 0 Å². The third kappa shape index (κ3) is 3.24. The van der Waals surface area contributed by atoms with E-state index in [2.05, 4.69) is 35.9 Å². The monoisotopic (exact) mass is 294 g/mol. The fraction of sp³-hybridized carbons (Fsp3) is 0.643. The molecule has 2 heterocycles. The second-order valence-electron chi connectivity index (χ2n) is 5.18. The van der Waals surface area contributed by atoms with E-state index in [1.54, 1.807) is 6.07 Å². The van der Waals surface area contributed by atoms with Gasteiger partial charge in [0.15, 0.2) is 0 Å². The second-order valence-corrected chi connectivity index (χ2v) is 6.22. The van der Waals surface area contributed by atoms with Gasteiger partial charge in [0.2, 0.25) is 4.96 Å². The first-order chi connectivity index (χ1) is 9.55. The molecule has 0 aliphatic rings. The standard InChI is InChI=1S/C14H22N4OS/c1-5-7-10(3)17(4)9-11-8-13(19)18-14(15-11)20-12(6-2)16-18/h8,10H,5-7,9H2,1-4H3. The van der Waals surface area contributed by atoms with Crippen LogP contribution in [0.2, 0.25) is 0 Å². The normalized spacial score (nSPS) is 13.2. The van der Waals surface area contributed by atoms with Crippen molar-refractivity contribution >= 4 is 16.3 Å². The van der Waals surface area contributed by atoms with Crippen LogP contribution in [0.5, 0.6) is 0 Å². The number of aryl methyl sites for hydroxylation is 1. The summed E-state index contributed by atoms with van der Waals surface area (Å²) >= 11 is 1.49. The van der Waals surface area contributed by atoms with Gasteiger partial charge in [-0.3, -0.25) is 9.69 Å². The number of hydrogen-bond donors (Lipinski definition) is 0. The van der Waals surface area contributed by atoms with Crippen LogP contribution in [-0.4, -0.2) is 32.6 Å². The van der Waals surface area contributed by atoms with Crippen molar-refractivity contribution in [1.29, 1.82) is 0 Å². The minimum Gasteiger partial charge on any atom is -0.298 e. The average Bonchev–Trinajstić information content (AvgIpc) is 2.82. The maximum Gasteiger partial charge on any atom is 0.275 e. The summed E-state index contributed by atoms with van der Waals surface area (Å²) in [5.74, 6) is 0. The van der Waals surface area contributed by atoms with Crippen molar-refractivity contribution < 1.29 is 0 Å². The lowest BCUT2D eigenvalue weighted by molar-refractivity contribution is 0.234. The third-order valence-electron chi connectivity index (χ3n) is 3.51. The van der Waals surface area contributed by atoms with Gasteiger partial charge in [-0.2, -0.15) is 9.61 Å². The molecule has 0 spiro atoms. The van der Waals surface area contributed by atoms with E-state index in [1.807, 2.05) is 6.92 Å². The van der Waals surface area contributed by atoms with Gasteiger partial charge in [-0.05, 0) is 26.8 Å². The molecule has 20 heavy (non-hydrogen) atoms. The Balaban J connectivity index is 2.25. The molecule has 0 fully saturated rings. The van der Waals surface area contributed by atoms with Crippen molar-refractivity contribution in [2.75, 3.05) is 7.05 Å². The number of aromatic nitrogens is 3. The molecular formula is C14H22N4OS. The van der Waals surface area contributed by atoms with E-state index in [4.69, 9.17) is 0 Å². The van der Waals surface area contributed by atoms with Crippen LogP contribution in [0.4, 0.5) is 0 Å². The summed E-state index contributed by atoms with van der Waals surface area (Å²) in [5.41, 5.74) is 0.740. The number of nitrogens with zero attached hydrogens (tertiary/aromatic N) is 4. The fourth-order valence-corrected chi connectivity index (χ4v) is 3.03. The molecule has 2 aromatic rings. The van der Waals surface area contributed by atoms with E-state index in [-0.39, 0.29) is 5.56 Å². The minimum atomic E-state index is -0.0857. The number of fused-ring (bicyclic) bond motifs is 1. The highest BCUT2D eigenvalue weighted by molar-refractivity contribution is 7.16. The van der Waals surface area contributed by atoms with Crippen LogP contribution < -0.4 is 5.56 Å². The van der Waals surface area contributed by atoms with Gasteiger partial charge in [-0.1, -0.05) is 31.6 Å². The van der Waals surface area contributed by atoms with Crippen LogP contribution >= 0.6 is 11.3 Å². The van der Waals surface area contributed by atoms with Crippen LogP contribution in [0.1, 0.15) is 44.3 Å². The molecule has 0 aromatic carbocycles. The second kappa shape index (κ2) is 6.45. The Morgan fingerprint density at radius 1 is 1.45 bits per heavy atom. The highest BCUT2D eigenvalue weighted by Crippen LogP contribution is 2.13. The van der Waals surface area contributed by atoms with E-state index in [1.165, 1.54) is 15.9 Å². The van der Waals surface area contributed by atoms with Crippen LogP contribution in [0.3, 0.4) is 0 Å². The number of rotatable bonds is 6. The molecule has 0 saturated heterocycles. The maximum atomic E-state index is 12.1. The summed E-state index contributed by atoms with van der Waals surface area (Å²) in [5, 5.41) is 5.21. The van der Waals surface area contributed by atoms with E-state index in [0.717, 1.165) is 30.0 Å². The van der Waals surface area contributed by atoms with Crippen molar-refractivity contribution in [3.63, 3.8) is 0 Å². The van der Waals surface area contributed by atoms with Gasteiger partial charge in [-0.15, -0.1) is 0 Å². The predicted molar refractivity (Wildman–Crippen MR) is 82.3 cm³/mol. The summed E-state index contributed by atoms with van der Waals surface area (Å²) in [6.07, 6.45) is 3.14. The predicted octanol–water partition coefficient (Wildman–Crippen LogP) is 2.33. The topological polar surface area (TPSA) is 50.5 Å². The average molecular weight is 294 g/mol. The van der Waals surface area contributed by atoms with Crippen molar-refractivity contribution in [2.45, 2.75) is 52.6 Å². The molecule has 0 N–H and O–H groups in total. The molecule has 1 atom stereocenters. The quantitative estimate of drug-likeness (QED) is 0.820. The molecule has 110 valence electrons. The molecular weight excluding hydrogens is 272 g/mol. The molecule has 2 rings (SSSR count). The van der Waals surface area contributed by atoms with E-state index < -0.39 is 0 Å². The molecule has 2 aromatic heterocycles. The van der Waals surface area contributed by atoms with E-state index in [9.17, 15) is 4.79 Å². The lowest BCUT2D eigenvalue weighted by atomic mass is 10.1. The summed E-state index contributed by atoms with van der Waals surface area (Å²) in [7, 11) is 2.08. The Morgan fingerprint density at radius 3 is 2.85 bits per heavy atom. The molecule has 0 saturated carbocycles. The van der Waals surface area contributed by atoms with Gasteiger partial charge in [0.1, 0.15) is 5.01 Å². The molecule has 1 unspecified atom stereocenters. The largest absolute Gasteiger partial charge is 0.298 e. The first kappa shape index (κ1) is 15.1. The molecule has 0 aliphatic carbocycles. The van der Waals surface area contributed by atoms with E-state index in [0.29, 0.717) is 17.5 Å². The summed E-state index contributed by atoms with van der Waals surface area (Å²) in [6, 6.07) is 2.09. The Bertz CT molecular complexity index is 634. The van der Waals surface area contributed by atoms with E-state index >= 15 is 0 Å². The highest BCUT2D eigenvalue weighted by Gasteiger charge is 2.12. The summed E-state index contributed by atoms with van der Waals surface area (Å²) in [6.45, 7) is 7.12. The highest BCUT2D eigenvalue weighted by atomic mass is 32.1. The fourth-order valence-electron chi connectivity index (χ4n) is 2.17. The molecule has 6 heteroatoms. The molecule has 0 aliphatic heterocycles. The molecule has 0 bridgehead atoms. The first-order valence-electron chi connectivity index (χ1n) is 7.14. The lowest BCUT2D eigenvalue weighted by Gasteiger charge is -2.23. The van der Waals surface area contributed by atoms with Crippen molar-refractivity contribution in [1.82, 2.24) is 19.5 Å². The molecule has 5 nitrogen and oxygen atoms in total. The zero-order valence-corrected chi connectivity index (χ0v) is 13.4.